The van der Waals surface area contributed by atoms with Crippen LogP contribution in [-0.4, -0.2) is 15.8 Å². The molecule has 6 heteroatoms. The fraction of sp³-hybridized carbons (Fsp3) is 0.133. The van der Waals surface area contributed by atoms with Gasteiger partial charge in [0.15, 0.2) is 5.78 Å². The number of hydrogen-bond acceptors (Lipinski definition) is 5. The molecule has 0 spiro atoms. The Morgan fingerprint density at radius 1 is 1.24 bits per heavy atom. The maximum Gasteiger partial charge on any atom is 0.270 e. The van der Waals surface area contributed by atoms with E-state index in [1.807, 2.05) is 0 Å². The molecule has 21 heavy (non-hydrogen) atoms. The number of carbonyl (C=O) groups excluding carboxylic acids is 1. The Bertz CT molecular complexity index is 679. The van der Waals surface area contributed by atoms with Gasteiger partial charge in [-0.3, -0.25) is 14.9 Å². The molecule has 2 aromatic rings. The van der Waals surface area contributed by atoms with E-state index in [1.165, 1.54) is 37.3 Å². The molecule has 2 aromatic carbocycles. The largest absolute Gasteiger partial charge is 0.508 e. The van der Waals surface area contributed by atoms with Crippen LogP contribution in [0.2, 0.25) is 0 Å². The van der Waals surface area contributed by atoms with E-state index in [9.17, 15) is 20.0 Å². The van der Waals surface area contributed by atoms with Crippen LogP contribution in [0.3, 0.4) is 0 Å². The molecule has 0 heterocycles. The van der Waals surface area contributed by atoms with Gasteiger partial charge < -0.3 is 9.84 Å². The molecule has 6 nitrogen and oxygen atoms in total. The Hall–Kier alpha value is -2.89. The zero-order chi connectivity index (χ0) is 15.4. The second-order valence-electron chi connectivity index (χ2n) is 4.45. The predicted octanol–water partition coefficient (Wildman–Crippen LogP) is 3.08. The van der Waals surface area contributed by atoms with Gasteiger partial charge in [0, 0.05) is 12.1 Å². The van der Waals surface area contributed by atoms with Gasteiger partial charge in [-0.2, -0.15) is 0 Å². The van der Waals surface area contributed by atoms with Gasteiger partial charge in [0.25, 0.3) is 5.69 Å². The van der Waals surface area contributed by atoms with Crippen LogP contribution >= 0.6 is 0 Å². The average molecular weight is 287 g/mol. The van der Waals surface area contributed by atoms with Gasteiger partial charge in [0.1, 0.15) is 18.1 Å². The third-order valence-electron chi connectivity index (χ3n) is 2.88. The van der Waals surface area contributed by atoms with Gasteiger partial charge in [0.05, 0.1) is 10.5 Å². The van der Waals surface area contributed by atoms with Crippen molar-refractivity contribution in [1.82, 2.24) is 0 Å². The molecule has 0 unspecified atom stereocenters. The average Bonchev–Trinajstić information content (AvgIpc) is 2.46. The predicted molar refractivity (Wildman–Crippen MR) is 75.5 cm³/mol. The SMILES string of the molecule is CC(=O)c1cc([N+](=O)[O-])ccc1OCc1ccc(O)cc1. The number of carbonyl (C=O) groups is 1. The van der Waals surface area contributed by atoms with E-state index >= 15 is 0 Å². The van der Waals surface area contributed by atoms with Crippen molar-refractivity contribution in [3.8, 4) is 11.5 Å². The van der Waals surface area contributed by atoms with Crippen LogP contribution in [0.4, 0.5) is 5.69 Å². The summed E-state index contributed by atoms with van der Waals surface area (Å²) >= 11 is 0. The minimum atomic E-state index is -0.559. The Kier molecular flexibility index (Phi) is 4.18. The molecule has 0 aliphatic carbocycles. The van der Waals surface area contributed by atoms with Gasteiger partial charge in [0.2, 0.25) is 0 Å². The number of nitrogens with zero attached hydrogens (tertiary/aromatic N) is 1. The zero-order valence-electron chi connectivity index (χ0n) is 11.3. The lowest BCUT2D eigenvalue weighted by Gasteiger charge is -2.10. The van der Waals surface area contributed by atoms with Gasteiger partial charge in [-0.1, -0.05) is 12.1 Å². The molecule has 0 aliphatic rings. The lowest BCUT2D eigenvalue weighted by molar-refractivity contribution is -0.384. The maximum absolute atomic E-state index is 11.6. The topological polar surface area (TPSA) is 89.7 Å². The lowest BCUT2D eigenvalue weighted by atomic mass is 10.1. The molecule has 0 saturated heterocycles. The highest BCUT2D eigenvalue weighted by atomic mass is 16.6. The van der Waals surface area contributed by atoms with Crippen molar-refractivity contribution in [3.05, 3.63) is 63.7 Å². The smallest absolute Gasteiger partial charge is 0.270 e. The fourth-order valence-electron chi connectivity index (χ4n) is 1.79. The summed E-state index contributed by atoms with van der Waals surface area (Å²) in [6.07, 6.45) is 0. The summed E-state index contributed by atoms with van der Waals surface area (Å²) in [5.41, 5.74) is 0.820. The van der Waals surface area contributed by atoms with E-state index in [2.05, 4.69) is 0 Å². The molecule has 0 aromatic heterocycles. The van der Waals surface area contributed by atoms with E-state index in [0.717, 1.165) is 5.56 Å². The quantitative estimate of drug-likeness (QED) is 0.518. The summed E-state index contributed by atoms with van der Waals surface area (Å²) < 4.78 is 5.53. The number of benzene rings is 2. The highest BCUT2D eigenvalue weighted by molar-refractivity contribution is 5.97. The Morgan fingerprint density at radius 2 is 1.90 bits per heavy atom. The first-order valence-electron chi connectivity index (χ1n) is 6.17. The molecule has 0 amide bonds. The van der Waals surface area contributed by atoms with Gasteiger partial charge in [-0.05, 0) is 30.7 Å². The Balaban J connectivity index is 2.21. The first-order chi connectivity index (χ1) is 9.97. The number of ketones is 1. The summed E-state index contributed by atoms with van der Waals surface area (Å²) in [4.78, 5) is 21.7. The molecule has 0 fully saturated rings. The van der Waals surface area contributed by atoms with Gasteiger partial charge in [-0.15, -0.1) is 0 Å². The van der Waals surface area contributed by atoms with Gasteiger partial charge >= 0.3 is 0 Å². The number of Topliss-reactive ketones (excluding diaryl/α,β-unsaturated/α-hetero) is 1. The van der Waals surface area contributed by atoms with Crippen LogP contribution in [0.25, 0.3) is 0 Å². The van der Waals surface area contributed by atoms with Crippen molar-refractivity contribution >= 4 is 11.5 Å². The molecule has 2 rings (SSSR count). The van der Waals surface area contributed by atoms with Crippen molar-refractivity contribution in [2.45, 2.75) is 13.5 Å². The summed E-state index contributed by atoms with van der Waals surface area (Å²) in [6, 6.07) is 10.3. The molecular weight excluding hydrogens is 274 g/mol. The van der Waals surface area contributed by atoms with E-state index < -0.39 is 4.92 Å². The van der Waals surface area contributed by atoms with E-state index in [0.29, 0.717) is 5.75 Å². The third kappa shape index (κ3) is 3.56. The summed E-state index contributed by atoms with van der Waals surface area (Å²) in [5.74, 6) is 0.138. The molecule has 108 valence electrons. The first-order valence-corrected chi connectivity index (χ1v) is 6.17. The normalized spacial score (nSPS) is 10.1. The van der Waals surface area contributed by atoms with Crippen LogP contribution in [0.5, 0.6) is 11.5 Å². The van der Waals surface area contributed by atoms with Crippen molar-refractivity contribution in [3.63, 3.8) is 0 Å². The van der Waals surface area contributed by atoms with Crippen molar-refractivity contribution in [2.24, 2.45) is 0 Å². The highest BCUT2D eigenvalue weighted by Crippen LogP contribution is 2.25. The van der Waals surface area contributed by atoms with Crippen LogP contribution in [0.1, 0.15) is 22.8 Å². The lowest BCUT2D eigenvalue weighted by Crippen LogP contribution is -2.02. The highest BCUT2D eigenvalue weighted by Gasteiger charge is 2.15. The molecule has 0 atom stereocenters. The van der Waals surface area contributed by atoms with Crippen LogP contribution in [0.15, 0.2) is 42.5 Å². The van der Waals surface area contributed by atoms with Crippen molar-refractivity contribution in [2.75, 3.05) is 0 Å². The number of nitro groups is 1. The summed E-state index contributed by atoms with van der Waals surface area (Å²) in [7, 11) is 0. The fourth-order valence-corrected chi connectivity index (χ4v) is 1.79. The number of nitro benzene ring substituents is 1. The number of phenols is 1. The van der Waals surface area contributed by atoms with Crippen molar-refractivity contribution in [1.29, 1.82) is 0 Å². The van der Waals surface area contributed by atoms with Gasteiger partial charge in [-0.25, -0.2) is 0 Å². The molecule has 0 bridgehead atoms. The van der Waals surface area contributed by atoms with E-state index in [1.54, 1.807) is 12.1 Å². The molecule has 0 aliphatic heterocycles. The molecular formula is C15H13NO5. The minimum Gasteiger partial charge on any atom is -0.508 e. The number of phenolic OH excluding ortho intramolecular Hbond substituents is 1. The third-order valence-corrected chi connectivity index (χ3v) is 2.88. The molecule has 0 radical (unpaired) electrons. The minimum absolute atomic E-state index is 0.151. The number of ether oxygens (including phenoxy) is 1. The van der Waals surface area contributed by atoms with Crippen LogP contribution in [0, 0.1) is 10.1 Å². The number of aromatic hydroxyl groups is 1. The summed E-state index contributed by atoms with van der Waals surface area (Å²) in [5, 5.41) is 19.9. The number of non-ortho nitro benzene ring substituents is 1. The van der Waals surface area contributed by atoms with Crippen molar-refractivity contribution < 1.29 is 19.6 Å². The standard InChI is InChI=1S/C15H13NO5/c1-10(17)14-8-12(16(19)20)4-7-15(14)21-9-11-2-5-13(18)6-3-11/h2-8,18H,9H2,1H3. The Labute approximate surface area is 120 Å². The molecule has 1 N–H and O–H groups in total. The maximum atomic E-state index is 11.6. The molecule has 0 saturated carbocycles. The number of rotatable bonds is 5. The second-order valence-corrected chi connectivity index (χ2v) is 4.45. The Morgan fingerprint density at radius 3 is 2.48 bits per heavy atom. The zero-order valence-corrected chi connectivity index (χ0v) is 11.3. The van der Waals surface area contributed by atoms with Crippen LogP contribution < -0.4 is 4.74 Å². The van der Waals surface area contributed by atoms with E-state index in [-0.39, 0.29) is 29.4 Å². The monoisotopic (exact) mass is 287 g/mol. The summed E-state index contributed by atoms with van der Waals surface area (Å²) in [6.45, 7) is 1.52. The van der Waals surface area contributed by atoms with Crippen LogP contribution in [-0.2, 0) is 6.61 Å². The number of hydrogen-bond donors (Lipinski definition) is 1. The first kappa shape index (κ1) is 14.5. The van der Waals surface area contributed by atoms with E-state index in [4.69, 9.17) is 4.74 Å². The second kappa shape index (κ2) is 6.04.